The van der Waals surface area contributed by atoms with E-state index in [0.717, 1.165) is 63.5 Å². The van der Waals surface area contributed by atoms with E-state index in [9.17, 15) is 0 Å². The molecule has 0 atom stereocenters. The van der Waals surface area contributed by atoms with Crippen molar-refractivity contribution in [2.75, 3.05) is 0 Å². The van der Waals surface area contributed by atoms with Gasteiger partial charge >= 0.3 is 0 Å². The van der Waals surface area contributed by atoms with E-state index >= 15 is 0 Å². The van der Waals surface area contributed by atoms with Crippen molar-refractivity contribution in [1.82, 2.24) is 80.0 Å². The molecule has 11 rings (SSSR count). The fourth-order valence-electron chi connectivity index (χ4n) is 9.75. The van der Waals surface area contributed by atoms with Crippen molar-refractivity contribution in [3.8, 4) is 79.2 Å². The molecule has 16 heteroatoms. The number of rotatable bonds is 10. The Hall–Kier alpha value is -8.27. The molecule has 0 unspecified atom stereocenters. The van der Waals surface area contributed by atoms with Crippen LogP contribution in [0.15, 0.2) is 128 Å². The van der Waals surface area contributed by atoms with Crippen LogP contribution in [-0.4, -0.2) is 80.0 Å². The summed E-state index contributed by atoms with van der Waals surface area (Å²) in [4.78, 5) is 4.72. The predicted molar refractivity (Wildman–Crippen MR) is 302 cm³/mol. The molecule has 1 aliphatic rings. The van der Waals surface area contributed by atoms with Crippen molar-refractivity contribution in [2.45, 2.75) is 143 Å². The number of hydrogen-bond donors (Lipinski definition) is 0. The number of pyridine rings is 1. The van der Waals surface area contributed by atoms with Crippen LogP contribution in [0.25, 0.3) is 79.2 Å². The Kier molecular flexibility index (Phi) is 12.8. The quantitative estimate of drug-likeness (QED) is 0.128. The summed E-state index contributed by atoms with van der Waals surface area (Å²) in [6.45, 7) is 26.9. The lowest BCUT2D eigenvalue weighted by molar-refractivity contribution is 0.324. The van der Waals surface area contributed by atoms with Crippen molar-refractivity contribution in [1.29, 1.82) is 0 Å². The number of benzene rings is 4. The summed E-state index contributed by atoms with van der Waals surface area (Å²) in [7, 11) is 0. The topological polar surface area (TPSA) is 166 Å². The molecule has 0 radical (unpaired) electrons. The van der Waals surface area contributed by atoms with Gasteiger partial charge < -0.3 is 0 Å². The maximum absolute atomic E-state index is 4.78. The minimum atomic E-state index is -0.0606. The van der Waals surface area contributed by atoms with E-state index in [1.165, 1.54) is 41.5 Å². The molecule has 1 saturated carbocycles. The van der Waals surface area contributed by atoms with Crippen molar-refractivity contribution in [2.24, 2.45) is 0 Å². The summed E-state index contributed by atoms with van der Waals surface area (Å²) in [6.07, 6.45) is 17.7. The Morgan fingerprint density at radius 2 is 0.701 bits per heavy atom. The zero-order valence-corrected chi connectivity index (χ0v) is 46.4. The van der Waals surface area contributed by atoms with Crippen LogP contribution in [0.4, 0.5) is 0 Å². The zero-order valence-electron chi connectivity index (χ0n) is 46.4. The zero-order chi connectivity index (χ0) is 54.0. The minimum absolute atomic E-state index is 0.0606. The standard InChI is InChI=1S/C61H68N16/c1-58(2,3)43-27-44(59(4,5)6)30-50(29-43)76-36-55(65-70-76)41-24-40(25-42(26-41)56-37-77(71-66-56)51-31-45(60(7,8)9)28-46(32-51)61(10,11)12)54-35-74(69-64-54)48-19-21-49(22-20-48)75-38-57(67-72-75)52-23-18-39(33-62-52)53-34-73(68-63-53)47-16-14-13-15-17-47/h18-38,47H,13-17H2,1-12H3. The molecule has 0 saturated heterocycles. The molecule has 1 aliphatic carbocycles. The van der Waals surface area contributed by atoms with Gasteiger partial charge in [0.1, 0.15) is 28.5 Å². The maximum Gasteiger partial charge on any atom is 0.131 e. The smallest absolute Gasteiger partial charge is 0.131 e. The third-order valence-electron chi connectivity index (χ3n) is 14.8. The third-order valence-corrected chi connectivity index (χ3v) is 14.8. The highest BCUT2D eigenvalue weighted by molar-refractivity contribution is 5.78. The molecule has 4 aromatic carbocycles. The van der Waals surface area contributed by atoms with E-state index in [1.807, 2.05) is 87.6 Å². The van der Waals surface area contributed by atoms with E-state index in [2.05, 4.69) is 164 Å². The van der Waals surface area contributed by atoms with Crippen molar-refractivity contribution in [3.63, 3.8) is 0 Å². The Morgan fingerprint density at radius 1 is 0.338 bits per heavy atom. The van der Waals surface area contributed by atoms with E-state index < -0.39 is 0 Å². The first-order valence-electron chi connectivity index (χ1n) is 26.8. The van der Waals surface area contributed by atoms with Gasteiger partial charge in [-0.05, 0) is 136 Å². The largest absolute Gasteiger partial charge is 0.254 e. The predicted octanol–water partition coefficient (Wildman–Crippen LogP) is 13.0. The lowest BCUT2D eigenvalue weighted by Gasteiger charge is -2.26. The molecule has 0 N–H and O–H groups in total. The molecule has 1 fully saturated rings. The monoisotopic (exact) mass is 1020 g/mol. The maximum atomic E-state index is 4.78. The van der Waals surface area contributed by atoms with Crippen molar-refractivity contribution in [3.05, 3.63) is 150 Å². The second kappa shape index (κ2) is 19.4. The molecule has 0 aliphatic heterocycles. The van der Waals surface area contributed by atoms with Crippen LogP contribution in [0, 0.1) is 0 Å². The van der Waals surface area contributed by atoms with E-state index in [0.29, 0.717) is 34.5 Å². The Morgan fingerprint density at radius 3 is 1.09 bits per heavy atom. The molecule has 77 heavy (non-hydrogen) atoms. The summed E-state index contributed by atoms with van der Waals surface area (Å²) in [5, 5.41) is 46.1. The summed E-state index contributed by atoms with van der Waals surface area (Å²) in [5.74, 6) is 0. The van der Waals surface area contributed by atoms with Gasteiger partial charge in [-0.1, -0.05) is 141 Å². The first kappa shape index (κ1) is 50.9. The number of aromatic nitrogens is 16. The molecule has 392 valence electrons. The van der Waals surface area contributed by atoms with Crippen LogP contribution < -0.4 is 0 Å². The first-order chi connectivity index (χ1) is 36.6. The second-order valence-electron chi connectivity index (χ2n) is 24.9. The lowest BCUT2D eigenvalue weighted by Crippen LogP contribution is -2.17. The summed E-state index contributed by atoms with van der Waals surface area (Å²) < 4.78 is 9.28. The highest BCUT2D eigenvalue weighted by atomic mass is 15.5. The summed E-state index contributed by atoms with van der Waals surface area (Å²) in [6, 6.07) is 32.1. The van der Waals surface area contributed by atoms with Gasteiger partial charge in [-0.25, -0.2) is 23.4 Å². The summed E-state index contributed by atoms with van der Waals surface area (Å²) in [5.41, 5.74) is 16.0. The van der Waals surface area contributed by atoms with Crippen LogP contribution in [0.1, 0.15) is 143 Å². The molecule has 6 heterocycles. The van der Waals surface area contributed by atoms with Gasteiger partial charge in [0.15, 0.2) is 0 Å². The van der Waals surface area contributed by atoms with Crippen LogP contribution in [0.2, 0.25) is 0 Å². The van der Waals surface area contributed by atoms with Crippen LogP contribution in [0.3, 0.4) is 0 Å². The van der Waals surface area contributed by atoms with E-state index in [4.69, 9.17) is 30.7 Å². The Bertz CT molecular complexity index is 3520. The van der Waals surface area contributed by atoms with E-state index in [1.54, 1.807) is 9.36 Å². The van der Waals surface area contributed by atoms with Gasteiger partial charge in [-0.2, -0.15) is 0 Å². The van der Waals surface area contributed by atoms with Gasteiger partial charge in [0.2, 0.25) is 0 Å². The average molecular weight is 1030 g/mol. The molecule has 16 nitrogen and oxygen atoms in total. The Balaban J connectivity index is 0.892. The molecule has 0 bridgehead atoms. The molecule has 10 aromatic rings. The molecular weight excluding hydrogens is 957 g/mol. The lowest BCUT2D eigenvalue weighted by atomic mass is 9.80. The molecule has 6 aromatic heterocycles. The van der Waals surface area contributed by atoms with Gasteiger partial charge in [0.05, 0.1) is 65.5 Å². The van der Waals surface area contributed by atoms with Crippen molar-refractivity contribution < 1.29 is 0 Å². The fourth-order valence-corrected chi connectivity index (χ4v) is 9.75. The molecule has 0 spiro atoms. The highest BCUT2D eigenvalue weighted by Crippen LogP contribution is 2.36. The third kappa shape index (κ3) is 10.8. The second-order valence-corrected chi connectivity index (χ2v) is 24.9. The Labute approximate surface area is 450 Å². The van der Waals surface area contributed by atoms with Gasteiger partial charge in [-0.15, -0.1) is 25.5 Å². The van der Waals surface area contributed by atoms with E-state index in [-0.39, 0.29) is 21.7 Å². The highest BCUT2D eigenvalue weighted by Gasteiger charge is 2.25. The minimum Gasteiger partial charge on any atom is -0.254 e. The average Bonchev–Trinajstić information content (AvgIpc) is 4.33. The molecular formula is C61H68N16. The van der Waals surface area contributed by atoms with Crippen LogP contribution in [0.5, 0.6) is 0 Å². The fraction of sp³-hybridized carbons (Fsp3) is 0.361. The SMILES string of the molecule is CC(C)(C)c1cc(-n2cc(-c3cc(-c4cn(-c5ccc(-n6cc(-c7ccc(-c8cn(C9CCCCC9)nn8)cn7)nn6)cc5)nn4)cc(-c4cn(-c5cc(C(C)(C)C)cc(C(C)(C)C)c5)nn4)c3)nn2)cc(C(C)(C)C)c1. The summed E-state index contributed by atoms with van der Waals surface area (Å²) >= 11 is 0. The molecule has 0 amide bonds. The van der Waals surface area contributed by atoms with Crippen molar-refractivity contribution >= 4 is 0 Å². The normalized spacial score (nSPS) is 13.9. The first-order valence-corrected chi connectivity index (χ1v) is 26.8. The van der Waals surface area contributed by atoms with Crippen LogP contribution in [-0.2, 0) is 21.7 Å². The number of hydrogen-bond acceptors (Lipinski definition) is 11. The van der Waals surface area contributed by atoms with Gasteiger partial charge in [0.25, 0.3) is 0 Å². The number of nitrogens with zero attached hydrogens (tertiary/aromatic N) is 16. The van der Waals surface area contributed by atoms with Gasteiger partial charge in [0, 0.05) is 28.5 Å². The van der Waals surface area contributed by atoms with Gasteiger partial charge in [-0.3, -0.25) is 4.98 Å². The van der Waals surface area contributed by atoms with Crippen LogP contribution >= 0.6 is 0 Å².